The molecule has 0 N–H and O–H groups in total. The lowest BCUT2D eigenvalue weighted by atomic mass is 10.1. The van der Waals surface area contributed by atoms with Gasteiger partial charge >= 0.3 is 11.9 Å². The summed E-state index contributed by atoms with van der Waals surface area (Å²) in [4.78, 5) is 27.4. The minimum absolute atomic E-state index is 0.0720. The highest BCUT2D eigenvalue weighted by molar-refractivity contribution is 6.32. The van der Waals surface area contributed by atoms with Gasteiger partial charge in [0.2, 0.25) is 0 Å². The maximum Gasteiger partial charge on any atom is 0.363 e. The summed E-state index contributed by atoms with van der Waals surface area (Å²) in [5.74, 6) is -0.308. The van der Waals surface area contributed by atoms with Crippen molar-refractivity contribution < 1.29 is 33.0 Å². The van der Waals surface area contributed by atoms with Gasteiger partial charge in [-0.25, -0.2) is 14.6 Å². The monoisotopic (exact) mass is 391 g/mol. The van der Waals surface area contributed by atoms with Gasteiger partial charge in [-0.3, -0.25) is 0 Å². The maximum atomic E-state index is 12.0. The van der Waals surface area contributed by atoms with Crippen molar-refractivity contribution in [1.82, 2.24) is 0 Å². The van der Waals surface area contributed by atoms with Crippen LogP contribution in [0, 0.1) is 0 Å². The van der Waals surface area contributed by atoms with E-state index in [1.165, 1.54) is 32.6 Å². The Balaban J connectivity index is 1.89. The first kappa shape index (κ1) is 18.5. The van der Waals surface area contributed by atoms with Gasteiger partial charge in [0.05, 0.1) is 25.5 Å². The molecule has 0 radical (unpaired) electrons. The number of benzene rings is 1. The zero-order chi connectivity index (χ0) is 19.4. The second-order valence-corrected chi connectivity index (χ2v) is 5.62. The van der Waals surface area contributed by atoms with E-state index in [2.05, 4.69) is 9.73 Å². The summed E-state index contributed by atoms with van der Waals surface area (Å²) in [6.45, 7) is -0.323. The predicted molar refractivity (Wildman–Crippen MR) is 94.8 cm³/mol. The van der Waals surface area contributed by atoms with E-state index in [-0.39, 0.29) is 34.7 Å². The molecule has 0 unspecified atom stereocenters. The smallest absolute Gasteiger partial charge is 0.363 e. The maximum absolute atomic E-state index is 12.0. The summed E-state index contributed by atoms with van der Waals surface area (Å²) in [7, 11) is 2.67. The average Bonchev–Trinajstić information content (AvgIpc) is 3.30. The van der Waals surface area contributed by atoms with Crippen LogP contribution in [-0.4, -0.2) is 38.7 Å². The van der Waals surface area contributed by atoms with Crippen molar-refractivity contribution in [2.45, 2.75) is 0 Å². The molecule has 1 aromatic heterocycles. The van der Waals surface area contributed by atoms with Gasteiger partial charge in [-0.2, -0.15) is 0 Å². The molecule has 2 heterocycles. The summed E-state index contributed by atoms with van der Waals surface area (Å²) in [5, 5.41) is 0.187. The highest BCUT2D eigenvalue weighted by atomic mass is 35.5. The van der Waals surface area contributed by atoms with Crippen molar-refractivity contribution in [3.05, 3.63) is 52.6 Å². The molecule has 0 aliphatic carbocycles. The number of cyclic esters (lactones) is 1. The SMILES string of the molecule is COC(=O)COc1c(Cl)cc(C=C2N=C(c3ccco3)OC2=O)cc1OC. The Labute approximate surface area is 158 Å². The number of carbonyl (C=O) groups excluding carboxylic acids is 2. The molecule has 27 heavy (non-hydrogen) atoms. The second kappa shape index (κ2) is 7.96. The fourth-order valence-electron chi connectivity index (χ4n) is 2.23. The fourth-order valence-corrected chi connectivity index (χ4v) is 2.50. The first-order valence-corrected chi connectivity index (χ1v) is 8.03. The van der Waals surface area contributed by atoms with Crippen LogP contribution in [0.25, 0.3) is 6.08 Å². The first-order valence-electron chi connectivity index (χ1n) is 7.65. The van der Waals surface area contributed by atoms with Gasteiger partial charge < -0.3 is 23.4 Å². The standard InChI is InChI=1S/C18H14ClNO7/c1-23-14-8-10(6-11(19)16(14)26-9-15(21)24-2)7-12-18(22)27-17(20-12)13-4-3-5-25-13/h3-8H,9H2,1-2H3. The van der Waals surface area contributed by atoms with E-state index in [0.29, 0.717) is 11.3 Å². The summed E-state index contributed by atoms with van der Waals surface area (Å²) in [6, 6.07) is 6.41. The van der Waals surface area contributed by atoms with Crippen molar-refractivity contribution in [2.24, 2.45) is 4.99 Å². The number of hydrogen-bond acceptors (Lipinski definition) is 8. The minimum Gasteiger partial charge on any atom is -0.493 e. The fraction of sp³-hybridized carbons (Fsp3) is 0.167. The number of ether oxygens (including phenoxy) is 4. The summed E-state index contributed by atoms with van der Waals surface area (Å²) in [6.07, 6.45) is 2.93. The van der Waals surface area contributed by atoms with Gasteiger partial charge in [0.25, 0.3) is 5.90 Å². The molecule has 2 aromatic rings. The predicted octanol–water partition coefficient (Wildman–Crippen LogP) is 2.84. The highest BCUT2D eigenvalue weighted by Gasteiger charge is 2.26. The van der Waals surface area contributed by atoms with Crippen LogP contribution in [0.1, 0.15) is 11.3 Å². The summed E-state index contributed by atoms with van der Waals surface area (Å²) < 4.78 is 25.4. The van der Waals surface area contributed by atoms with Crippen molar-refractivity contribution in [3.63, 3.8) is 0 Å². The van der Waals surface area contributed by atoms with Gasteiger partial charge in [-0.1, -0.05) is 11.6 Å². The topological polar surface area (TPSA) is 96.6 Å². The van der Waals surface area contributed by atoms with Gasteiger partial charge in [-0.15, -0.1) is 0 Å². The van der Waals surface area contributed by atoms with Crippen LogP contribution in [0.15, 0.2) is 45.6 Å². The lowest BCUT2D eigenvalue weighted by molar-refractivity contribution is -0.143. The number of hydrogen-bond donors (Lipinski definition) is 0. The Kier molecular flexibility index (Phi) is 5.46. The molecule has 9 heteroatoms. The second-order valence-electron chi connectivity index (χ2n) is 5.21. The van der Waals surface area contributed by atoms with Crippen LogP contribution in [0.2, 0.25) is 5.02 Å². The van der Waals surface area contributed by atoms with E-state index in [9.17, 15) is 9.59 Å². The lowest BCUT2D eigenvalue weighted by Crippen LogP contribution is -2.13. The molecule has 1 aliphatic rings. The summed E-state index contributed by atoms with van der Waals surface area (Å²) >= 11 is 6.22. The third-order valence-electron chi connectivity index (χ3n) is 3.47. The quantitative estimate of drug-likeness (QED) is 0.551. The molecule has 0 fully saturated rings. The van der Waals surface area contributed by atoms with Crippen molar-refractivity contribution in [3.8, 4) is 11.5 Å². The minimum atomic E-state index is -0.623. The van der Waals surface area contributed by atoms with Crippen LogP contribution >= 0.6 is 11.6 Å². The molecule has 140 valence electrons. The largest absolute Gasteiger partial charge is 0.493 e. The molecular formula is C18H14ClNO7. The normalized spacial score (nSPS) is 14.7. The van der Waals surface area contributed by atoms with E-state index in [1.54, 1.807) is 18.2 Å². The molecule has 0 spiro atoms. The van der Waals surface area contributed by atoms with Crippen LogP contribution in [0.3, 0.4) is 0 Å². The van der Waals surface area contributed by atoms with Crippen LogP contribution in [0.4, 0.5) is 0 Å². The van der Waals surface area contributed by atoms with Crippen LogP contribution in [0.5, 0.6) is 11.5 Å². The molecule has 1 aromatic carbocycles. The molecule has 0 bridgehead atoms. The van der Waals surface area contributed by atoms with Crippen molar-refractivity contribution in [1.29, 1.82) is 0 Å². The molecule has 3 rings (SSSR count). The van der Waals surface area contributed by atoms with E-state index in [1.807, 2.05) is 0 Å². The van der Waals surface area contributed by atoms with Gasteiger partial charge in [-0.05, 0) is 35.9 Å². The van der Waals surface area contributed by atoms with Crippen LogP contribution in [-0.2, 0) is 19.1 Å². The molecule has 0 atom stereocenters. The van der Waals surface area contributed by atoms with Gasteiger partial charge in [0.15, 0.2) is 29.6 Å². The summed E-state index contributed by atoms with van der Waals surface area (Å²) in [5.41, 5.74) is 0.599. The Bertz CT molecular complexity index is 931. The number of carbonyl (C=O) groups is 2. The molecule has 1 aliphatic heterocycles. The van der Waals surface area contributed by atoms with E-state index < -0.39 is 11.9 Å². The Morgan fingerprint density at radius 3 is 2.81 bits per heavy atom. The van der Waals surface area contributed by atoms with Crippen molar-refractivity contribution in [2.75, 3.05) is 20.8 Å². The zero-order valence-corrected chi connectivity index (χ0v) is 15.1. The third kappa shape index (κ3) is 4.12. The first-order chi connectivity index (χ1) is 13.0. The number of halogens is 1. The number of methoxy groups -OCH3 is 2. The average molecular weight is 392 g/mol. The molecular weight excluding hydrogens is 378 g/mol. The highest BCUT2D eigenvalue weighted by Crippen LogP contribution is 2.37. The molecule has 0 saturated heterocycles. The van der Waals surface area contributed by atoms with Gasteiger partial charge in [0, 0.05) is 0 Å². The van der Waals surface area contributed by atoms with E-state index in [4.69, 9.17) is 30.2 Å². The number of esters is 2. The van der Waals surface area contributed by atoms with E-state index >= 15 is 0 Å². The zero-order valence-electron chi connectivity index (χ0n) is 14.4. The Hall–Kier alpha value is -3.26. The number of furan rings is 1. The van der Waals surface area contributed by atoms with Crippen molar-refractivity contribution >= 4 is 35.5 Å². The molecule has 0 amide bonds. The molecule has 8 nitrogen and oxygen atoms in total. The Morgan fingerprint density at radius 2 is 2.15 bits per heavy atom. The number of nitrogens with zero attached hydrogens (tertiary/aromatic N) is 1. The molecule has 0 saturated carbocycles. The number of aliphatic imine (C=N–C) groups is 1. The number of rotatable bonds is 6. The van der Waals surface area contributed by atoms with Crippen LogP contribution < -0.4 is 9.47 Å². The lowest BCUT2D eigenvalue weighted by Gasteiger charge is -2.12. The Morgan fingerprint density at radius 1 is 1.33 bits per heavy atom. The van der Waals surface area contributed by atoms with Gasteiger partial charge in [0.1, 0.15) is 0 Å². The van der Waals surface area contributed by atoms with E-state index in [0.717, 1.165) is 0 Å². The third-order valence-corrected chi connectivity index (χ3v) is 3.75.